The van der Waals surface area contributed by atoms with E-state index >= 15 is 0 Å². The molecule has 44 heavy (non-hydrogen) atoms. The highest BCUT2D eigenvalue weighted by molar-refractivity contribution is 7.92. The van der Waals surface area contributed by atoms with Crippen LogP contribution in [0.2, 0.25) is 0 Å². The molecule has 4 fully saturated rings. The summed E-state index contributed by atoms with van der Waals surface area (Å²) in [4.78, 5) is 20.3. The zero-order valence-corrected chi connectivity index (χ0v) is 25.0. The minimum Gasteiger partial charge on any atom is -0.475 e. The lowest BCUT2D eigenvalue weighted by Crippen LogP contribution is -2.66. The van der Waals surface area contributed by atoms with Crippen molar-refractivity contribution in [1.82, 2.24) is 10.2 Å². The van der Waals surface area contributed by atoms with Gasteiger partial charge in [0.15, 0.2) is 9.84 Å². The zero-order chi connectivity index (χ0) is 32.9. The molecule has 0 aromatic heterocycles. The number of hydrogen-bond donors (Lipinski definition) is 3. The largest absolute Gasteiger partial charge is 0.490 e. The van der Waals surface area contributed by atoms with Gasteiger partial charge in [-0.2, -0.15) is 26.3 Å². The number of sulfone groups is 1. The van der Waals surface area contributed by atoms with E-state index in [1.807, 2.05) is 0 Å². The molecule has 1 aromatic rings. The Bertz CT molecular complexity index is 1240. The van der Waals surface area contributed by atoms with E-state index in [1.54, 1.807) is 5.57 Å². The number of likely N-dealkylation sites (tertiary alicyclic amines) is 1. The van der Waals surface area contributed by atoms with Gasteiger partial charge in [0.05, 0.1) is 11.0 Å². The predicted molar refractivity (Wildman–Crippen MR) is 150 cm³/mol. The Balaban J connectivity index is 0.000000317. The van der Waals surface area contributed by atoms with E-state index in [0.29, 0.717) is 23.3 Å². The van der Waals surface area contributed by atoms with Crippen molar-refractivity contribution in [2.45, 2.75) is 81.6 Å². The molecular weight excluding hydrogens is 618 g/mol. The lowest BCUT2D eigenvalue weighted by molar-refractivity contribution is -0.193. The summed E-state index contributed by atoms with van der Waals surface area (Å²) in [5.74, 6) is -4.40. The van der Waals surface area contributed by atoms with Crippen molar-refractivity contribution in [2.75, 3.05) is 25.4 Å². The lowest BCUT2D eigenvalue weighted by atomic mass is 9.60. The number of rotatable bonds is 10. The number of aliphatic carboxylic acids is 2. The fourth-order valence-electron chi connectivity index (χ4n) is 5.83. The predicted octanol–water partition coefficient (Wildman–Crippen LogP) is 5.16. The monoisotopic (exact) mass is 656 g/mol. The van der Waals surface area contributed by atoms with Crippen LogP contribution in [-0.2, 0) is 19.4 Å². The van der Waals surface area contributed by atoms with Crippen LogP contribution in [0.15, 0.2) is 35.9 Å². The maximum atomic E-state index is 12.0. The Labute approximate surface area is 252 Å². The van der Waals surface area contributed by atoms with Gasteiger partial charge in [-0.05, 0) is 68.4 Å². The SMILES string of the molecule is CC/C(=C\c1ccccc1)[C@H]1C[C@@H]1NC1CC2(C1)CN(CCCS(=O)(=O)C1CC1)C2.O=C(O)C(F)(F)F.O=C(O)C(F)(F)F. The smallest absolute Gasteiger partial charge is 0.475 e. The van der Waals surface area contributed by atoms with Crippen LogP contribution in [0.1, 0.15) is 57.4 Å². The van der Waals surface area contributed by atoms with E-state index in [1.165, 1.54) is 37.9 Å². The van der Waals surface area contributed by atoms with E-state index in [4.69, 9.17) is 19.8 Å². The highest BCUT2D eigenvalue weighted by atomic mass is 32.2. The molecule has 0 radical (unpaired) electrons. The molecule has 0 amide bonds. The fourth-order valence-corrected chi connectivity index (χ4v) is 7.55. The van der Waals surface area contributed by atoms with Crippen molar-refractivity contribution >= 4 is 27.9 Å². The molecule has 15 heteroatoms. The maximum Gasteiger partial charge on any atom is 0.490 e. The Morgan fingerprint density at radius 2 is 1.52 bits per heavy atom. The molecule has 4 aliphatic rings. The van der Waals surface area contributed by atoms with Crippen LogP contribution >= 0.6 is 0 Å². The second-order valence-electron chi connectivity index (χ2n) is 11.9. The van der Waals surface area contributed by atoms with Crippen LogP contribution in [0.5, 0.6) is 0 Å². The van der Waals surface area contributed by atoms with Gasteiger partial charge in [-0.3, -0.25) is 0 Å². The van der Waals surface area contributed by atoms with Gasteiger partial charge in [-0.1, -0.05) is 48.9 Å². The molecule has 1 aliphatic heterocycles. The van der Waals surface area contributed by atoms with Crippen LogP contribution < -0.4 is 5.32 Å². The minimum atomic E-state index is -5.08. The quantitative estimate of drug-likeness (QED) is 0.296. The summed E-state index contributed by atoms with van der Waals surface area (Å²) in [7, 11) is -2.78. The van der Waals surface area contributed by atoms with Crippen molar-refractivity contribution in [1.29, 1.82) is 0 Å². The number of halogens is 6. The van der Waals surface area contributed by atoms with Crippen molar-refractivity contribution in [3.05, 3.63) is 41.5 Å². The molecule has 2 atom stereocenters. The third-order valence-corrected chi connectivity index (χ3v) is 10.5. The first kappa shape index (κ1) is 35.8. The average Bonchev–Trinajstić information content (AvgIpc) is 3.80. The summed E-state index contributed by atoms with van der Waals surface area (Å²) in [6, 6.07) is 12.1. The van der Waals surface area contributed by atoms with Gasteiger partial charge in [0.1, 0.15) is 0 Å². The van der Waals surface area contributed by atoms with Gasteiger partial charge in [-0.25, -0.2) is 18.0 Å². The van der Waals surface area contributed by atoms with Gasteiger partial charge < -0.3 is 20.4 Å². The van der Waals surface area contributed by atoms with E-state index in [9.17, 15) is 34.8 Å². The van der Waals surface area contributed by atoms with E-state index < -0.39 is 34.1 Å². The number of hydrogen-bond acceptors (Lipinski definition) is 6. The summed E-state index contributed by atoms with van der Waals surface area (Å²) in [5.41, 5.74) is 3.44. The number of nitrogens with one attached hydrogen (secondary N) is 1. The van der Waals surface area contributed by atoms with Gasteiger partial charge in [0, 0.05) is 25.2 Å². The third-order valence-electron chi connectivity index (χ3n) is 8.17. The molecule has 1 saturated heterocycles. The highest BCUT2D eigenvalue weighted by Gasteiger charge is 2.53. The van der Waals surface area contributed by atoms with Crippen LogP contribution in [0.25, 0.3) is 6.08 Å². The van der Waals surface area contributed by atoms with Gasteiger partial charge in [0.2, 0.25) is 0 Å². The highest BCUT2D eigenvalue weighted by Crippen LogP contribution is 2.50. The van der Waals surface area contributed by atoms with Gasteiger partial charge >= 0.3 is 24.3 Å². The molecule has 0 unspecified atom stereocenters. The molecule has 3 N–H and O–H groups in total. The molecule has 0 bridgehead atoms. The molecule has 3 aliphatic carbocycles. The van der Waals surface area contributed by atoms with E-state index in [-0.39, 0.29) is 5.25 Å². The summed E-state index contributed by atoms with van der Waals surface area (Å²) < 4.78 is 87.5. The first-order chi connectivity index (χ1) is 20.3. The molecule has 1 heterocycles. The number of benzene rings is 1. The molecule has 248 valence electrons. The minimum absolute atomic E-state index is 0.000657. The lowest BCUT2D eigenvalue weighted by Gasteiger charge is -2.59. The molecule has 5 rings (SSSR count). The second-order valence-corrected chi connectivity index (χ2v) is 14.3. The van der Waals surface area contributed by atoms with Crippen LogP contribution in [0.4, 0.5) is 26.3 Å². The standard InChI is InChI=1S/C25H36N2O2S.2C2HF3O2/c1-2-20(13-19-7-4-3-5-8-19)23-14-24(23)26-21-15-25(16-21)17-27(18-25)11-6-12-30(28,29)22-9-10-22;2*3-2(4,5)1(6)7/h3-5,7-8,13,21-24,26H,2,6,9-12,14-18H2,1H3;2*(H,6,7)/b20-13+;;/t23-,24+;;/m1../s1. The molecular formula is C29H38F6N2O6S. The number of carbonyl (C=O) groups is 2. The van der Waals surface area contributed by atoms with Gasteiger partial charge in [-0.15, -0.1) is 0 Å². The average molecular weight is 657 g/mol. The first-order valence-electron chi connectivity index (χ1n) is 14.4. The van der Waals surface area contributed by atoms with Crippen LogP contribution in [0, 0.1) is 11.3 Å². The van der Waals surface area contributed by atoms with Crippen LogP contribution in [0.3, 0.4) is 0 Å². The Hall–Kier alpha value is -2.65. The number of carboxylic acids is 2. The molecule has 1 spiro atoms. The number of carboxylic acid groups (broad SMARTS) is 2. The summed E-state index contributed by atoms with van der Waals surface area (Å²) >= 11 is 0. The van der Waals surface area contributed by atoms with Crippen molar-refractivity contribution < 1.29 is 54.6 Å². The third kappa shape index (κ3) is 10.8. The molecule has 8 nitrogen and oxygen atoms in total. The van der Waals surface area contributed by atoms with Crippen molar-refractivity contribution in [3.63, 3.8) is 0 Å². The Morgan fingerprint density at radius 3 is 1.98 bits per heavy atom. The second kappa shape index (κ2) is 14.2. The van der Waals surface area contributed by atoms with Crippen LogP contribution in [-0.4, -0.2) is 90.5 Å². The fraction of sp³-hybridized carbons (Fsp3) is 0.655. The summed E-state index contributed by atoms with van der Waals surface area (Å²) in [6.07, 6.45) is -0.139. The van der Waals surface area contributed by atoms with E-state index in [0.717, 1.165) is 38.1 Å². The number of alkyl halides is 6. The summed E-state index contributed by atoms with van der Waals surface area (Å²) in [5, 5.41) is 18.2. The topological polar surface area (TPSA) is 124 Å². The maximum absolute atomic E-state index is 12.0. The zero-order valence-electron chi connectivity index (χ0n) is 24.2. The molecule has 3 saturated carbocycles. The Kier molecular flexibility index (Phi) is 11.6. The first-order valence-corrected chi connectivity index (χ1v) is 16.1. The normalized spacial score (nSPS) is 23.3. The van der Waals surface area contributed by atoms with E-state index in [2.05, 4.69) is 53.5 Å². The molecule has 1 aromatic carbocycles. The van der Waals surface area contributed by atoms with Crippen molar-refractivity contribution in [2.24, 2.45) is 11.3 Å². The van der Waals surface area contributed by atoms with Gasteiger partial charge in [0.25, 0.3) is 0 Å². The van der Waals surface area contributed by atoms with Crippen molar-refractivity contribution in [3.8, 4) is 0 Å². The summed E-state index contributed by atoms with van der Waals surface area (Å²) in [6.45, 7) is 5.59. The number of nitrogens with zero attached hydrogens (tertiary/aromatic N) is 1. The Morgan fingerprint density at radius 1 is 1.00 bits per heavy atom.